The van der Waals surface area contributed by atoms with Crippen molar-refractivity contribution < 1.29 is 23.9 Å². The molecule has 0 amide bonds. The molecule has 0 heterocycles. The number of rotatable bonds is 11. The number of ether oxygens (including phenoxy) is 2. The third-order valence-corrected chi connectivity index (χ3v) is 13.0. The van der Waals surface area contributed by atoms with Gasteiger partial charge in [-0.15, -0.1) is 0 Å². The van der Waals surface area contributed by atoms with Crippen molar-refractivity contribution >= 4 is 46.3 Å². The molecule has 6 heteroatoms. The third kappa shape index (κ3) is 6.58. The lowest BCUT2D eigenvalue weighted by Gasteiger charge is -2.28. The predicted octanol–water partition coefficient (Wildman–Crippen LogP) is 7.58. The van der Waals surface area contributed by atoms with E-state index in [9.17, 15) is 14.4 Å². The van der Waals surface area contributed by atoms with Crippen molar-refractivity contribution in [2.75, 3.05) is 6.16 Å². The van der Waals surface area contributed by atoms with Crippen LogP contribution >= 0.6 is 7.26 Å². The minimum absolute atomic E-state index is 0.0642. The van der Waals surface area contributed by atoms with Gasteiger partial charge >= 0.3 is 5.97 Å². The van der Waals surface area contributed by atoms with E-state index in [0.717, 1.165) is 19.0 Å². The van der Waals surface area contributed by atoms with Gasteiger partial charge in [-0.05, 0) is 73.9 Å². The molecule has 0 aromatic heterocycles. The molecular formula is C41H36O5P+. The topological polar surface area (TPSA) is 69.7 Å². The second-order valence-corrected chi connectivity index (χ2v) is 15.3. The number of benzene rings is 5. The average molecular weight is 640 g/mol. The molecule has 6 rings (SSSR count). The first-order chi connectivity index (χ1) is 22.9. The monoisotopic (exact) mass is 639 g/mol. The number of ketones is 2. The highest BCUT2D eigenvalue weighted by atomic mass is 31.2. The summed E-state index contributed by atoms with van der Waals surface area (Å²) in [5, 5.41) is 4.09. The number of hydrogen-bond acceptors (Lipinski definition) is 5. The summed E-state index contributed by atoms with van der Waals surface area (Å²) >= 11 is 0. The van der Waals surface area contributed by atoms with Crippen molar-refractivity contribution in [3.63, 3.8) is 0 Å². The molecule has 5 nitrogen and oxygen atoms in total. The van der Waals surface area contributed by atoms with Gasteiger partial charge in [0.25, 0.3) is 0 Å². The van der Waals surface area contributed by atoms with Crippen LogP contribution < -0.4 is 20.7 Å². The van der Waals surface area contributed by atoms with E-state index < -0.39 is 19.0 Å². The first-order valence-electron chi connectivity index (χ1n) is 15.8. The molecular weight excluding hydrogens is 603 g/mol. The van der Waals surface area contributed by atoms with Gasteiger partial charge in [0.05, 0.1) is 17.8 Å². The Morgan fingerprint density at radius 1 is 0.638 bits per heavy atom. The molecule has 5 aromatic rings. The molecule has 0 aliphatic heterocycles. The third-order valence-electron chi connectivity index (χ3n) is 8.50. The van der Waals surface area contributed by atoms with Crippen LogP contribution in [0.25, 0.3) is 5.57 Å². The van der Waals surface area contributed by atoms with E-state index >= 15 is 0 Å². The lowest BCUT2D eigenvalue weighted by Crippen LogP contribution is -2.33. The molecule has 1 aliphatic rings. The van der Waals surface area contributed by atoms with Gasteiger partial charge in [-0.3, -0.25) is 14.4 Å². The van der Waals surface area contributed by atoms with Gasteiger partial charge in [-0.1, -0.05) is 91.0 Å². The van der Waals surface area contributed by atoms with E-state index in [0.29, 0.717) is 11.3 Å². The van der Waals surface area contributed by atoms with Crippen molar-refractivity contribution in [2.24, 2.45) is 0 Å². The van der Waals surface area contributed by atoms with Crippen LogP contribution in [-0.4, -0.2) is 29.8 Å². The maximum Gasteiger partial charge on any atom is 0.308 e. The lowest BCUT2D eigenvalue weighted by atomic mass is 9.85. The summed E-state index contributed by atoms with van der Waals surface area (Å²) in [5.41, 5.74) is 1.08. The van der Waals surface area contributed by atoms with E-state index in [4.69, 9.17) is 9.47 Å². The molecule has 0 N–H and O–H groups in total. The molecule has 0 saturated heterocycles. The quantitative estimate of drug-likeness (QED) is 0.110. The van der Waals surface area contributed by atoms with Gasteiger partial charge in [0.2, 0.25) is 5.78 Å². The van der Waals surface area contributed by atoms with E-state index in [2.05, 4.69) is 97.9 Å². The first-order valence-corrected chi connectivity index (χ1v) is 17.8. The van der Waals surface area contributed by atoms with E-state index in [1.807, 2.05) is 0 Å². The molecule has 1 unspecified atom stereocenters. The number of hydrogen-bond donors (Lipinski definition) is 0. The van der Waals surface area contributed by atoms with Crippen LogP contribution in [0.15, 0.2) is 145 Å². The average Bonchev–Trinajstić information content (AvgIpc) is 3.11. The Hall–Kier alpha value is -5.12. The number of Topliss-reactive ketones (excluding diaryl/α,β-unsaturated/α-hetero) is 2. The van der Waals surface area contributed by atoms with Crippen molar-refractivity contribution in [3.8, 4) is 5.75 Å². The maximum absolute atomic E-state index is 13.5. The zero-order valence-electron chi connectivity index (χ0n) is 26.5. The van der Waals surface area contributed by atoms with Crippen molar-refractivity contribution in [2.45, 2.75) is 32.8 Å². The van der Waals surface area contributed by atoms with Crippen LogP contribution in [0.4, 0.5) is 0 Å². The largest absolute Gasteiger partial charge is 0.491 e. The highest BCUT2D eigenvalue weighted by Crippen LogP contribution is 2.56. The molecule has 0 bridgehead atoms. The molecule has 47 heavy (non-hydrogen) atoms. The van der Waals surface area contributed by atoms with Gasteiger partial charge in [0, 0.05) is 18.1 Å². The Kier molecular flexibility index (Phi) is 9.56. The summed E-state index contributed by atoms with van der Waals surface area (Å²) in [5.74, 6) is -1.10. The maximum atomic E-state index is 13.5. The summed E-state index contributed by atoms with van der Waals surface area (Å²) in [6.07, 6.45) is 2.75. The summed E-state index contributed by atoms with van der Waals surface area (Å²) in [6, 6.07) is 46.2. The Morgan fingerprint density at radius 2 is 1.11 bits per heavy atom. The molecule has 234 valence electrons. The highest BCUT2D eigenvalue weighted by molar-refractivity contribution is 7.95. The summed E-state index contributed by atoms with van der Waals surface area (Å²) in [4.78, 5) is 38.6. The number of carbonyl (C=O) groups is 3. The number of fused-ring (bicyclic) bond motifs is 1. The minimum Gasteiger partial charge on any atom is -0.491 e. The molecule has 0 fully saturated rings. The highest BCUT2D eigenvalue weighted by Gasteiger charge is 2.44. The number of allylic oxidation sites excluding steroid dienone is 2. The number of esters is 1. The zero-order valence-corrected chi connectivity index (χ0v) is 27.4. The van der Waals surface area contributed by atoms with Crippen molar-refractivity contribution in [3.05, 3.63) is 162 Å². The Morgan fingerprint density at radius 3 is 1.60 bits per heavy atom. The fourth-order valence-electron chi connectivity index (χ4n) is 6.35. The van der Waals surface area contributed by atoms with Crippen LogP contribution in [-0.2, 0) is 9.53 Å². The first kappa shape index (κ1) is 31.8. The second kappa shape index (κ2) is 14.1. The van der Waals surface area contributed by atoms with E-state index in [1.54, 1.807) is 48.5 Å². The van der Waals surface area contributed by atoms with Gasteiger partial charge in [0.1, 0.15) is 28.9 Å². The van der Waals surface area contributed by atoms with E-state index in [-0.39, 0.29) is 34.3 Å². The normalized spacial score (nSPS) is 13.6. The fraction of sp³-hybridized carbons (Fsp3) is 0.146. The van der Waals surface area contributed by atoms with Gasteiger partial charge in [-0.2, -0.15) is 0 Å². The fourth-order valence-corrected chi connectivity index (χ4v) is 10.7. The smallest absolute Gasteiger partial charge is 0.308 e. The minimum atomic E-state index is -1.92. The van der Waals surface area contributed by atoms with Crippen LogP contribution in [0.5, 0.6) is 5.75 Å². The molecule has 1 aliphatic carbocycles. The number of carbonyl (C=O) groups excluding carboxylic acids is 3. The molecule has 1 atom stereocenters. The SMILES string of the molecule is CC(=O)OC1=C(c2ccc(OC(C)CCC[P+](c3ccccc3)(c3ccccc3)c3ccccc3)cc2)C(=O)c2ccccc2C1=O. The standard InChI is InChI=1S/C41H36O5P/c1-29(15-14-28-47(33-16-6-3-7-17-33,34-18-8-4-9-19-34)35-20-10-5-11-21-35)45-32-26-24-31(25-27-32)38-39(43)36-22-12-13-23-37(36)40(44)41(38)46-30(2)42/h3-13,16-27,29H,14-15,28H2,1-2H3/q+1. The summed E-state index contributed by atoms with van der Waals surface area (Å²) < 4.78 is 11.6. The molecule has 5 aromatic carbocycles. The molecule has 0 radical (unpaired) electrons. The zero-order chi connectivity index (χ0) is 32.8. The Balaban J connectivity index is 1.21. The lowest BCUT2D eigenvalue weighted by molar-refractivity contribution is -0.136. The summed E-state index contributed by atoms with van der Waals surface area (Å²) in [6.45, 7) is 3.29. The Bertz CT molecular complexity index is 1820. The van der Waals surface area contributed by atoms with Crippen LogP contribution in [0, 0.1) is 0 Å². The molecule has 0 spiro atoms. The van der Waals surface area contributed by atoms with Crippen LogP contribution in [0.1, 0.15) is 53.0 Å². The van der Waals surface area contributed by atoms with Gasteiger partial charge in [-0.25, -0.2) is 0 Å². The van der Waals surface area contributed by atoms with Crippen LogP contribution in [0.2, 0.25) is 0 Å². The van der Waals surface area contributed by atoms with Gasteiger partial charge < -0.3 is 9.47 Å². The van der Waals surface area contributed by atoms with E-state index in [1.165, 1.54) is 22.8 Å². The predicted molar refractivity (Wildman–Crippen MR) is 190 cm³/mol. The van der Waals surface area contributed by atoms with Crippen molar-refractivity contribution in [1.29, 1.82) is 0 Å². The molecule has 0 saturated carbocycles. The second-order valence-electron chi connectivity index (χ2n) is 11.6. The summed E-state index contributed by atoms with van der Waals surface area (Å²) in [7, 11) is -1.92. The van der Waals surface area contributed by atoms with Crippen molar-refractivity contribution in [1.82, 2.24) is 0 Å². The Labute approximate surface area is 276 Å². The van der Waals surface area contributed by atoms with Crippen LogP contribution in [0.3, 0.4) is 0 Å². The van der Waals surface area contributed by atoms with Gasteiger partial charge in [0.15, 0.2) is 11.5 Å².